The van der Waals surface area contributed by atoms with Gasteiger partial charge < -0.3 is 10.1 Å². The van der Waals surface area contributed by atoms with Crippen LogP contribution in [0.4, 0.5) is 0 Å². The number of nitrogens with one attached hydrogen (secondary N) is 1. The zero-order valence-corrected chi connectivity index (χ0v) is 17.4. The van der Waals surface area contributed by atoms with E-state index in [1.54, 1.807) is 22.0 Å². The number of methoxy groups -OCH3 is 1. The van der Waals surface area contributed by atoms with Crippen LogP contribution in [0.2, 0.25) is 0 Å². The SMILES string of the molecule is COC(=O)CNC(=O)[C@H]1[C@@H]2C[C@@H](CN(Cc3sccc3C)C2)c2cccc(=O)n21. The van der Waals surface area contributed by atoms with Crippen molar-refractivity contribution >= 4 is 23.2 Å². The maximum absolute atomic E-state index is 13.0. The zero-order chi connectivity index (χ0) is 20.5. The fourth-order valence-corrected chi connectivity index (χ4v) is 5.55. The quantitative estimate of drug-likeness (QED) is 0.752. The van der Waals surface area contributed by atoms with Gasteiger partial charge in [-0.1, -0.05) is 6.07 Å². The number of thiophene rings is 1. The molecule has 1 amide bonds. The van der Waals surface area contributed by atoms with Crippen molar-refractivity contribution in [2.75, 3.05) is 26.7 Å². The van der Waals surface area contributed by atoms with Crippen LogP contribution in [0.15, 0.2) is 34.4 Å². The van der Waals surface area contributed by atoms with Gasteiger partial charge in [0.15, 0.2) is 0 Å². The number of fused-ring (bicyclic) bond motifs is 4. The number of hydrogen-bond donors (Lipinski definition) is 1. The summed E-state index contributed by atoms with van der Waals surface area (Å²) >= 11 is 1.75. The highest BCUT2D eigenvalue weighted by Gasteiger charge is 2.43. The number of carbonyl (C=O) groups excluding carboxylic acids is 2. The van der Waals surface area contributed by atoms with Crippen LogP contribution in [-0.4, -0.2) is 48.1 Å². The average Bonchev–Trinajstić information content (AvgIpc) is 3.11. The number of hydrogen-bond acceptors (Lipinski definition) is 6. The van der Waals surface area contributed by atoms with Gasteiger partial charge in [0.1, 0.15) is 12.6 Å². The zero-order valence-electron chi connectivity index (χ0n) is 16.6. The fourth-order valence-electron chi connectivity index (χ4n) is 4.60. The Bertz CT molecular complexity index is 982. The summed E-state index contributed by atoms with van der Waals surface area (Å²) < 4.78 is 6.26. The van der Waals surface area contributed by atoms with E-state index in [0.717, 1.165) is 31.7 Å². The van der Waals surface area contributed by atoms with Gasteiger partial charge in [-0.2, -0.15) is 0 Å². The van der Waals surface area contributed by atoms with E-state index in [4.69, 9.17) is 0 Å². The molecule has 0 aromatic carbocycles. The predicted octanol–water partition coefficient (Wildman–Crippen LogP) is 1.67. The number of likely N-dealkylation sites (tertiary alicyclic amines) is 1. The van der Waals surface area contributed by atoms with Gasteiger partial charge in [-0.25, -0.2) is 0 Å². The predicted molar refractivity (Wildman–Crippen MR) is 110 cm³/mol. The maximum Gasteiger partial charge on any atom is 0.325 e. The third kappa shape index (κ3) is 3.86. The first-order valence-corrected chi connectivity index (χ1v) is 10.7. The smallest absolute Gasteiger partial charge is 0.325 e. The number of aromatic nitrogens is 1. The van der Waals surface area contributed by atoms with E-state index in [9.17, 15) is 14.4 Å². The van der Waals surface area contributed by atoms with Crippen molar-refractivity contribution in [1.82, 2.24) is 14.8 Å². The van der Waals surface area contributed by atoms with Crippen LogP contribution < -0.4 is 10.9 Å². The summed E-state index contributed by atoms with van der Waals surface area (Å²) in [5, 5.41) is 4.76. The summed E-state index contributed by atoms with van der Waals surface area (Å²) in [6.07, 6.45) is 0.861. The number of rotatable bonds is 5. The van der Waals surface area contributed by atoms with Gasteiger partial charge in [0, 0.05) is 48.1 Å². The molecular weight excluding hydrogens is 390 g/mol. The number of piperidine rings is 1. The first kappa shape index (κ1) is 19.8. The van der Waals surface area contributed by atoms with Gasteiger partial charge in [-0.3, -0.25) is 23.9 Å². The Morgan fingerprint density at radius 2 is 2.10 bits per heavy atom. The Hall–Kier alpha value is -2.45. The third-order valence-corrected chi connectivity index (χ3v) is 6.97. The maximum atomic E-state index is 13.0. The third-order valence-electron chi connectivity index (χ3n) is 5.96. The van der Waals surface area contributed by atoms with E-state index < -0.39 is 12.0 Å². The Morgan fingerprint density at radius 1 is 1.28 bits per heavy atom. The molecule has 3 atom stereocenters. The van der Waals surface area contributed by atoms with Gasteiger partial charge in [-0.05, 0) is 36.4 Å². The summed E-state index contributed by atoms with van der Waals surface area (Å²) in [6, 6.07) is 6.72. The molecule has 2 bridgehead atoms. The lowest BCUT2D eigenvalue weighted by molar-refractivity contribution is -0.142. The van der Waals surface area contributed by atoms with E-state index in [0.29, 0.717) is 0 Å². The molecule has 2 aliphatic heterocycles. The molecule has 1 N–H and O–H groups in total. The highest BCUT2D eigenvalue weighted by atomic mass is 32.1. The second kappa shape index (κ2) is 8.12. The Labute approximate surface area is 173 Å². The summed E-state index contributed by atoms with van der Waals surface area (Å²) in [5.74, 6) is -0.583. The highest BCUT2D eigenvalue weighted by molar-refractivity contribution is 7.10. The molecular formula is C21H25N3O4S. The molecule has 1 saturated heterocycles. The minimum absolute atomic E-state index is 0.0132. The monoisotopic (exact) mass is 415 g/mol. The Morgan fingerprint density at radius 3 is 2.83 bits per heavy atom. The molecule has 0 aliphatic carbocycles. The van der Waals surface area contributed by atoms with E-state index in [1.807, 2.05) is 6.07 Å². The molecule has 2 aromatic heterocycles. The van der Waals surface area contributed by atoms with Crippen molar-refractivity contribution in [1.29, 1.82) is 0 Å². The molecule has 7 nitrogen and oxygen atoms in total. The van der Waals surface area contributed by atoms with Crippen molar-refractivity contribution < 1.29 is 14.3 Å². The molecule has 2 aromatic rings. The lowest BCUT2D eigenvalue weighted by atomic mass is 9.78. The number of esters is 1. The van der Waals surface area contributed by atoms with Crippen LogP contribution in [0, 0.1) is 12.8 Å². The second-order valence-electron chi connectivity index (χ2n) is 7.81. The standard InChI is InChI=1S/C21H25N3O4S/c1-13-6-7-29-17(13)12-23-10-14-8-15(11-23)20(21(27)22-9-19(26)28-2)24-16(14)4-3-5-18(24)25/h3-7,14-15,20H,8-12H2,1-2H3,(H,22,27)/t14-,15+,20+/m0/s1. The van der Waals surface area contributed by atoms with Crippen molar-refractivity contribution in [3.05, 3.63) is 56.1 Å². The molecule has 0 spiro atoms. The van der Waals surface area contributed by atoms with Gasteiger partial charge >= 0.3 is 5.97 Å². The fraction of sp³-hybridized carbons (Fsp3) is 0.476. The van der Waals surface area contributed by atoms with Gasteiger partial charge in [0.2, 0.25) is 5.91 Å². The number of pyridine rings is 1. The molecule has 154 valence electrons. The van der Waals surface area contributed by atoms with Crippen LogP contribution in [0.3, 0.4) is 0 Å². The Balaban J connectivity index is 1.63. The van der Waals surface area contributed by atoms with Crippen LogP contribution >= 0.6 is 11.3 Å². The molecule has 0 saturated carbocycles. The molecule has 8 heteroatoms. The minimum atomic E-state index is -0.619. The number of ether oxygens (including phenoxy) is 1. The lowest BCUT2D eigenvalue weighted by Crippen LogP contribution is -2.53. The van der Waals surface area contributed by atoms with E-state index >= 15 is 0 Å². The first-order chi connectivity index (χ1) is 14.0. The van der Waals surface area contributed by atoms with Crippen molar-refractivity contribution in [2.45, 2.75) is 31.8 Å². The van der Waals surface area contributed by atoms with E-state index in [-0.39, 0.29) is 29.8 Å². The molecule has 0 unspecified atom stereocenters. The average molecular weight is 416 g/mol. The van der Waals surface area contributed by atoms with E-state index in [2.05, 4.69) is 33.3 Å². The van der Waals surface area contributed by atoms with Crippen molar-refractivity contribution in [3.8, 4) is 0 Å². The van der Waals surface area contributed by atoms with Crippen LogP contribution in [0.5, 0.6) is 0 Å². The summed E-state index contributed by atoms with van der Waals surface area (Å²) in [6.45, 7) is 4.38. The van der Waals surface area contributed by atoms with Crippen molar-refractivity contribution in [3.63, 3.8) is 0 Å². The van der Waals surface area contributed by atoms with Gasteiger partial charge in [-0.15, -0.1) is 11.3 Å². The van der Waals surface area contributed by atoms with Crippen molar-refractivity contribution in [2.24, 2.45) is 5.92 Å². The largest absolute Gasteiger partial charge is 0.468 e. The van der Waals surface area contributed by atoms with Gasteiger partial charge in [0.25, 0.3) is 5.56 Å². The number of amides is 1. The number of carbonyl (C=O) groups is 2. The first-order valence-electron chi connectivity index (χ1n) is 9.79. The van der Waals surface area contributed by atoms with Crippen LogP contribution in [-0.2, 0) is 20.9 Å². The summed E-state index contributed by atoms with van der Waals surface area (Å²) in [7, 11) is 1.28. The summed E-state index contributed by atoms with van der Waals surface area (Å²) in [5.41, 5.74) is 2.02. The number of aryl methyl sites for hydroxylation is 1. The molecule has 1 fully saturated rings. The molecule has 2 aliphatic rings. The molecule has 4 heterocycles. The van der Waals surface area contributed by atoms with Crippen LogP contribution in [0.25, 0.3) is 0 Å². The second-order valence-corrected chi connectivity index (χ2v) is 8.81. The topological polar surface area (TPSA) is 80.6 Å². The minimum Gasteiger partial charge on any atom is -0.468 e. The molecule has 29 heavy (non-hydrogen) atoms. The highest BCUT2D eigenvalue weighted by Crippen LogP contribution is 2.41. The van der Waals surface area contributed by atoms with E-state index in [1.165, 1.54) is 23.6 Å². The number of nitrogens with zero attached hydrogens (tertiary/aromatic N) is 2. The lowest BCUT2D eigenvalue weighted by Gasteiger charge is -2.46. The summed E-state index contributed by atoms with van der Waals surface area (Å²) in [4.78, 5) is 40.9. The molecule has 4 rings (SSSR count). The van der Waals surface area contributed by atoms with Crippen LogP contribution in [0.1, 0.15) is 34.5 Å². The molecule has 0 radical (unpaired) electrons. The Kier molecular flexibility index (Phi) is 5.56. The van der Waals surface area contributed by atoms with Gasteiger partial charge in [0.05, 0.1) is 7.11 Å². The normalized spacial score (nSPS) is 23.3.